The predicted molar refractivity (Wildman–Crippen MR) is 80.3 cm³/mol. The average Bonchev–Trinajstić information content (AvgIpc) is 2.57. The van der Waals surface area contributed by atoms with Crippen molar-refractivity contribution in [3.8, 4) is 0 Å². The molecule has 0 saturated heterocycles. The Hall–Kier alpha value is -0.540. The van der Waals surface area contributed by atoms with Crippen LogP contribution in [-0.2, 0) is 10.2 Å². The third-order valence-corrected chi connectivity index (χ3v) is 4.50. The summed E-state index contributed by atoms with van der Waals surface area (Å²) in [5.74, 6) is 0. The number of fused-ring (bicyclic) bond motifs is 1. The van der Waals surface area contributed by atoms with Crippen LogP contribution in [0.1, 0.15) is 45.2 Å². The third-order valence-electron chi connectivity index (χ3n) is 2.78. The van der Waals surface area contributed by atoms with E-state index in [0.29, 0.717) is 0 Å². The van der Waals surface area contributed by atoms with Gasteiger partial charge in [-0.1, -0.05) is 26.8 Å². The van der Waals surface area contributed by atoms with E-state index in [0.717, 1.165) is 10.5 Å². The lowest BCUT2D eigenvalue weighted by atomic mass is 9.87. The van der Waals surface area contributed by atoms with Crippen LogP contribution in [0.3, 0.4) is 0 Å². The lowest BCUT2D eigenvalue weighted by Crippen LogP contribution is -2.10. The van der Waals surface area contributed by atoms with Gasteiger partial charge >= 0.3 is 0 Å². The Balaban J connectivity index is 2.56. The fourth-order valence-electron chi connectivity index (χ4n) is 1.66. The van der Waals surface area contributed by atoms with E-state index in [9.17, 15) is 0 Å². The number of nitrogens with zero attached hydrogens (tertiary/aromatic N) is 1. The first-order valence-electron chi connectivity index (χ1n) is 5.82. The molecule has 2 aromatic rings. The summed E-state index contributed by atoms with van der Waals surface area (Å²) in [7, 11) is 0. The number of thiazole rings is 1. The predicted octanol–water partition coefficient (Wildman–Crippen LogP) is 4.76. The molecule has 0 aliphatic rings. The van der Waals surface area contributed by atoms with Crippen molar-refractivity contribution < 1.29 is 0 Å². The summed E-state index contributed by atoms with van der Waals surface area (Å²) in [6.45, 7) is 10.8. The maximum atomic E-state index is 4.70. The lowest BCUT2D eigenvalue weighted by molar-refractivity contribution is 0.591. The molecule has 0 aliphatic carbocycles. The van der Waals surface area contributed by atoms with Crippen molar-refractivity contribution >= 4 is 34.2 Å². The van der Waals surface area contributed by atoms with Crippen molar-refractivity contribution in [1.82, 2.24) is 4.98 Å². The number of rotatable bonds is 1. The van der Waals surface area contributed by atoms with E-state index < -0.39 is 0 Å². The quantitative estimate of drug-likeness (QED) is 0.734. The molecule has 0 spiro atoms. The topological polar surface area (TPSA) is 12.9 Å². The minimum absolute atomic E-state index is 0.161. The van der Waals surface area contributed by atoms with Gasteiger partial charge in [-0.25, -0.2) is 4.98 Å². The Bertz CT molecular complexity index is 529. The lowest BCUT2D eigenvalue weighted by Gasteiger charge is -2.18. The number of hydrogen-bond donors (Lipinski definition) is 1. The molecule has 0 aliphatic heterocycles. The van der Waals surface area contributed by atoms with Crippen LogP contribution in [0, 0.1) is 0 Å². The SMILES string of the molecule is CC(C)(C)c1ccc2sc(C(C)(C)S)nc2c1. The molecule has 1 nitrogen and oxygen atoms in total. The second-order valence-electron chi connectivity index (χ2n) is 6.01. The summed E-state index contributed by atoms with van der Waals surface area (Å²) < 4.78 is 1.08. The maximum Gasteiger partial charge on any atom is 0.109 e. The van der Waals surface area contributed by atoms with E-state index in [4.69, 9.17) is 4.98 Å². The molecule has 0 fully saturated rings. The van der Waals surface area contributed by atoms with Gasteiger partial charge in [0.05, 0.1) is 15.0 Å². The first kappa shape index (κ1) is 12.9. The summed E-state index contributed by atoms with van der Waals surface area (Å²) in [5, 5.41) is 1.09. The van der Waals surface area contributed by atoms with E-state index in [-0.39, 0.29) is 10.2 Å². The fraction of sp³-hybridized carbons (Fsp3) is 0.500. The highest BCUT2D eigenvalue weighted by Gasteiger charge is 2.21. The monoisotopic (exact) mass is 265 g/mol. The molecule has 0 unspecified atom stereocenters. The van der Waals surface area contributed by atoms with Gasteiger partial charge < -0.3 is 0 Å². The molecule has 0 radical (unpaired) electrons. The van der Waals surface area contributed by atoms with Crippen molar-refractivity contribution in [3.63, 3.8) is 0 Å². The van der Waals surface area contributed by atoms with Crippen LogP contribution < -0.4 is 0 Å². The van der Waals surface area contributed by atoms with Gasteiger partial charge in [-0.3, -0.25) is 0 Å². The number of benzene rings is 1. The van der Waals surface area contributed by atoms with Gasteiger partial charge in [-0.2, -0.15) is 12.6 Å². The van der Waals surface area contributed by atoms with Crippen molar-refractivity contribution in [2.24, 2.45) is 0 Å². The largest absolute Gasteiger partial charge is 0.240 e. The maximum absolute atomic E-state index is 4.70. The minimum atomic E-state index is -0.161. The van der Waals surface area contributed by atoms with Crippen LogP contribution in [0.15, 0.2) is 18.2 Å². The summed E-state index contributed by atoms with van der Waals surface area (Å²) in [4.78, 5) is 4.70. The van der Waals surface area contributed by atoms with Crippen molar-refractivity contribution in [2.45, 2.75) is 44.8 Å². The van der Waals surface area contributed by atoms with E-state index in [2.05, 4.69) is 65.4 Å². The molecule has 0 N–H and O–H groups in total. The standard InChI is InChI=1S/C14H19NS2/c1-13(2,3)9-6-7-11-10(8-9)15-12(17-11)14(4,5)16/h6-8,16H,1-5H3. The van der Waals surface area contributed by atoms with Crippen LogP contribution in [0.25, 0.3) is 10.2 Å². The molecule has 92 valence electrons. The summed E-state index contributed by atoms with van der Waals surface area (Å²) in [6.07, 6.45) is 0. The Morgan fingerprint density at radius 2 is 1.76 bits per heavy atom. The van der Waals surface area contributed by atoms with Crippen LogP contribution in [0.2, 0.25) is 0 Å². The van der Waals surface area contributed by atoms with E-state index in [1.807, 2.05) is 0 Å². The van der Waals surface area contributed by atoms with Crippen LogP contribution in [0.5, 0.6) is 0 Å². The molecule has 0 bridgehead atoms. The van der Waals surface area contributed by atoms with Crippen LogP contribution in [-0.4, -0.2) is 4.98 Å². The molecule has 1 aromatic heterocycles. The second kappa shape index (κ2) is 3.99. The van der Waals surface area contributed by atoms with Crippen molar-refractivity contribution in [2.75, 3.05) is 0 Å². The summed E-state index contributed by atoms with van der Waals surface area (Å²) >= 11 is 6.32. The normalized spacial score (nSPS) is 13.3. The highest BCUT2D eigenvalue weighted by atomic mass is 32.1. The minimum Gasteiger partial charge on any atom is -0.240 e. The Kier molecular flexibility index (Phi) is 3.03. The summed E-state index contributed by atoms with van der Waals surface area (Å²) in [6, 6.07) is 6.58. The highest BCUT2D eigenvalue weighted by molar-refractivity contribution is 7.81. The van der Waals surface area contributed by atoms with E-state index in [1.165, 1.54) is 10.3 Å². The molecule has 0 saturated carbocycles. The van der Waals surface area contributed by atoms with Gasteiger partial charge in [-0.05, 0) is 37.0 Å². The van der Waals surface area contributed by atoms with Gasteiger partial charge in [0, 0.05) is 0 Å². The zero-order valence-electron chi connectivity index (χ0n) is 11.0. The number of aromatic nitrogens is 1. The molecule has 0 amide bonds. The van der Waals surface area contributed by atoms with E-state index in [1.54, 1.807) is 11.3 Å². The smallest absolute Gasteiger partial charge is 0.109 e. The van der Waals surface area contributed by atoms with Gasteiger partial charge in [0.25, 0.3) is 0 Å². The Labute approximate surface area is 113 Å². The molecule has 3 heteroatoms. The van der Waals surface area contributed by atoms with Crippen LogP contribution in [0.4, 0.5) is 0 Å². The first-order valence-corrected chi connectivity index (χ1v) is 7.08. The molecule has 17 heavy (non-hydrogen) atoms. The molecule has 1 heterocycles. The molecular formula is C14H19NS2. The zero-order chi connectivity index (χ0) is 12.8. The molecule has 1 aromatic carbocycles. The zero-order valence-corrected chi connectivity index (χ0v) is 12.7. The third kappa shape index (κ3) is 2.66. The summed E-state index contributed by atoms with van der Waals surface area (Å²) in [5.41, 5.74) is 2.60. The highest BCUT2D eigenvalue weighted by Crippen LogP contribution is 2.35. The number of thiol groups is 1. The Morgan fingerprint density at radius 3 is 2.29 bits per heavy atom. The Morgan fingerprint density at radius 1 is 1.12 bits per heavy atom. The van der Waals surface area contributed by atoms with E-state index >= 15 is 0 Å². The molecule has 2 rings (SSSR count). The van der Waals surface area contributed by atoms with Gasteiger partial charge in [-0.15, -0.1) is 11.3 Å². The van der Waals surface area contributed by atoms with Crippen LogP contribution >= 0.6 is 24.0 Å². The van der Waals surface area contributed by atoms with Crippen molar-refractivity contribution in [1.29, 1.82) is 0 Å². The molecular weight excluding hydrogens is 246 g/mol. The van der Waals surface area contributed by atoms with Gasteiger partial charge in [0.15, 0.2) is 0 Å². The first-order chi connectivity index (χ1) is 7.68. The average molecular weight is 265 g/mol. The van der Waals surface area contributed by atoms with Gasteiger partial charge in [0.1, 0.15) is 5.01 Å². The van der Waals surface area contributed by atoms with Gasteiger partial charge in [0.2, 0.25) is 0 Å². The fourth-order valence-corrected chi connectivity index (χ4v) is 2.79. The second-order valence-corrected chi connectivity index (χ2v) is 8.16. The molecule has 0 atom stereocenters. The van der Waals surface area contributed by atoms with Crippen molar-refractivity contribution in [3.05, 3.63) is 28.8 Å². The number of hydrogen-bond acceptors (Lipinski definition) is 3.